The van der Waals surface area contributed by atoms with Crippen LogP contribution in [0, 0.1) is 21.4 Å². The molecule has 0 spiro atoms. The van der Waals surface area contributed by atoms with Gasteiger partial charge < -0.3 is 4.90 Å². The van der Waals surface area contributed by atoms with Gasteiger partial charge in [0.15, 0.2) is 0 Å². The van der Waals surface area contributed by atoms with Gasteiger partial charge in [-0.05, 0) is 12.8 Å². The van der Waals surface area contributed by atoms with Gasteiger partial charge in [-0.2, -0.15) is 5.26 Å². The number of rotatable bonds is 5. The summed E-state index contributed by atoms with van der Waals surface area (Å²) in [6, 6.07) is 2.45. The number of nitriles is 1. The fraction of sp³-hybridized carbons (Fsp3) is 0.500. The summed E-state index contributed by atoms with van der Waals surface area (Å²) in [6.45, 7) is 0.568. The molecule has 0 unspecified atom stereocenters. The molecule has 1 saturated carbocycles. The molecule has 17 heavy (non-hydrogen) atoms. The van der Waals surface area contributed by atoms with Gasteiger partial charge in [-0.1, -0.05) is 0 Å². The highest BCUT2D eigenvalue weighted by molar-refractivity contribution is 5.37. The molecule has 0 radical (unpaired) electrons. The lowest BCUT2D eigenvalue weighted by atomic mass is 10.4. The second-order valence-electron chi connectivity index (χ2n) is 3.83. The highest BCUT2D eigenvalue weighted by atomic mass is 16.6. The molecule has 0 aromatic carbocycles. The largest absolute Gasteiger partial charge is 0.337 e. The second kappa shape index (κ2) is 4.74. The van der Waals surface area contributed by atoms with Gasteiger partial charge in [-0.15, -0.1) is 0 Å². The first kappa shape index (κ1) is 11.3. The average Bonchev–Trinajstić information content (AvgIpc) is 3.14. The molecule has 1 aliphatic carbocycles. The Morgan fingerprint density at radius 3 is 2.65 bits per heavy atom. The van der Waals surface area contributed by atoms with Gasteiger partial charge in [0.1, 0.15) is 12.4 Å². The molecular weight excluding hydrogens is 222 g/mol. The van der Waals surface area contributed by atoms with Gasteiger partial charge in [0, 0.05) is 12.6 Å². The van der Waals surface area contributed by atoms with Crippen molar-refractivity contribution < 1.29 is 4.92 Å². The van der Waals surface area contributed by atoms with Gasteiger partial charge in [-0.3, -0.25) is 10.1 Å². The van der Waals surface area contributed by atoms with E-state index >= 15 is 0 Å². The molecule has 0 aliphatic heterocycles. The van der Waals surface area contributed by atoms with Crippen molar-refractivity contribution in [2.45, 2.75) is 25.3 Å². The van der Waals surface area contributed by atoms with Crippen LogP contribution >= 0.6 is 0 Å². The Balaban J connectivity index is 2.13. The lowest BCUT2D eigenvalue weighted by Crippen LogP contribution is -2.28. The van der Waals surface area contributed by atoms with Crippen molar-refractivity contribution in [2.75, 3.05) is 11.4 Å². The maximum atomic E-state index is 10.5. The van der Waals surface area contributed by atoms with Gasteiger partial charge in [-0.25, -0.2) is 9.97 Å². The first-order chi connectivity index (χ1) is 8.22. The molecule has 2 rings (SSSR count). The molecule has 0 atom stereocenters. The SMILES string of the molecule is N#CCCN(c1ncc([N+](=O)[O-])cn1)C1CC1. The quantitative estimate of drug-likeness (QED) is 0.561. The third-order valence-corrected chi connectivity index (χ3v) is 2.54. The number of aromatic nitrogens is 2. The molecule has 1 heterocycles. The Morgan fingerprint density at radius 2 is 2.18 bits per heavy atom. The summed E-state index contributed by atoms with van der Waals surface area (Å²) in [5, 5.41) is 19.0. The molecule has 1 fully saturated rings. The Labute approximate surface area is 97.9 Å². The number of hydrogen-bond acceptors (Lipinski definition) is 6. The maximum Gasteiger partial charge on any atom is 0.305 e. The Hall–Kier alpha value is -2.23. The summed E-state index contributed by atoms with van der Waals surface area (Å²) >= 11 is 0. The zero-order valence-electron chi connectivity index (χ0n) is 9.11. The maximum absolute atomic E-state index is 10.5. The third-order valence-electron chi connectivity index (χ3n) is 2.54. The number of hydrogen-bond donors (Lipinski definition) is 0. The molecule has 88 valence electrons. The molecule has 0 N–H and O–H groups in total. The Morgan fingerprint density at radius 1 is 1.53 bits per heavy atom. The van der Waals surface area contributed by atoms with Gasteiger partial charge in [0.05, 0.1) is 17.4 Å². The van der Waals surface area contributed by atoms with E-state index in [-0.39, 0.29) is 5.69 Å². The molecular formula is C10H11N5O2. The van der Waals surface area contributed by atoms with Crippen LogP contribution in [0.15, 0.2) is 12.4 Å². The van der Waals surface area contributed by atoms with Crippen LogP contribution in [0.4, 0.5) is 11.6 Å². The van der Waals surface area contributed by atoms with Gasteiger partial charge >= 0.3 is 5.69 Å². The monoisotopic (exact) mass is 233 g/mol. The number of nitrogens with zero attached hydrogens (tertiary/aromatic N) is 5. The van der Waals surface area contributed by atoms with E-state index in [0.29, 0.717) is 25.0 Å². The topological polar surface area (TPSA) is 96.0 Å². The van der Waals surface area contributed by atoms with Crippen LogP contribution in [0.25, 0.3) is 0 Å². The first-order valence-electron chi connectivity index (χ1n) is 5.32. The molecule has 1 aromatic heterocycles. The normalized spacial score (nSPS) is 14.1. The second-order valence-corrected chi connectivity index (χ2v) is 3.83. The number of nitro groups is 1. The van der Waals surface area contributed by atoms with E-state index in [1.54, 1.807) is 0 Å². The lowest BCUT2D eigenvalue weighted by Gasteiger charge is -2.20. The minimum Gasteiger partial charge on any atom is -0.337 e. The zero-order chi connectivity index (χ0) is 12.3. The highest BCUT2D eigenvalue weighted by Gasteiger charge is 2.30. The molecule has 1 aromatic rings. The van der Waals surface area contributed by atoms with Gasteiger partial charge in [0.25, 0.3) is 0 Å². The Kier molecular flexibility index (Phi) is 3.14. The van der Waals surface area contributed by atoms with E-state index in [1.165, 1.54) is 12.4 Å². The van der Waals surface area contributed by atoms with Gasteiger partial charge in [0.2, 0.25) is 5.95 Å². The van der Waals surface area contributed by atoms with Crippen LogP contribution in [0.5, 0.6) is 0 Å². The van der Waals surface area contributed by atoms with Crippen LogP contribution in [-0.2, 0) is 0 Å². The summed E-state index contributed by atoms with van der Waals surface area (Å²) in [7, 11) is 0. The van der Waals surface area contributed by atoms with E-state index in [0.717, 1.165) is 12.8 Å². The van der Waals surface area contributed by atoms with Crippen LogP contribution in [-0.4, -0.2) is 27.5 Å². The van der Waals surface area contributed by atoms with Crippen molar-refractivity contribution in [1.29, 1.82) is 5.26 Å². The van der Waals surface area contributed by atoms with Crippen LogP contribution in [0.1, 0.15) is 19.3 Å². The van der Waals surface area contributed by atoms with Crippen LogP contribution < -0.4 is 4.90 Å². The summed E-state index contributed by atoms with van der Waals surface area (Å²) in [5.74, 6) is 0.466. The van der Waals surface area contributed by atoms with Crippen molar-refractivity contribution in [3.8, 4) is 6.07 Å². The molecule has 7 heteroatoms. The summed E-state index contributed by atoms with van der Waals surface area (Å²) in [5.41, 5.74) is -0.121. The predicted molar refractivity (Wildman–Crippen MR) is 59.3 cm³/mol. The minimum absolute atomic E-state index is 0.121. The molecule has 0 amide bonds. The predicted octanol–water partition coefficient (Wildman–Crippen LogP) is 1.27. The molecule has 0 bridgehead atoms. The number of anilines is 1. The summed E-state index contributed by atoms with van der Waals surface area (Å²) in [4.78, 5) is 19.8. The fourth-order valence-electron chi connectivity index (χ4n) is 1.56. The van der Waals surface area contributed by atoms with Crippen molar-refractivity contribution in [3.63, 3.8) is 0 Å². The Bertz CT molecular complexity index is 449. The molecule has 0 saturated heterocycles. The van der Waals surface area contributed by atoms with E-state index in [9.17, 15) is 10.1 Å². The summed E-state index contributed by atoms with van der Waals surface area (Å²) in [6.07, 6.45) is 4.92. The van der Waals surface area contributed by atoms with E-state index < -0.39 is 4.92 Å². The van der Waals surface area contributed by atoms with E-state index in [1.807, 2.05) is 4.90 Å². The van der Waals surface area contributed by atoms with Crippen LogP contribution in [0.2, 0.25) is 0 Å². The summed E-state index contributed by atoms with van der Waals surface area (Å²) < 4.78 is 0. The molecule has 1 aliphatic rings. The van der Waals surface area contributed by atoms with Crippen molar-refractivity contribution in [3.05, 3.63) is 22.5 Å². The average molecular weight is 233 g/mol. The first-order valence-corrected chi connectivity index (χ1v) is 5.32. The van der Waals surface area contributed by atoms with E-state index in [2.05, 4.69) is 16.0 Å². The zero-order valence-corrected chi connectivity index (χ0v) is 9.11. The van der Waals surface area contributed by atoms with Crippen LogP contribution in [0.3, 0.4) is 0 Å². The highest BCUT2D eigenvalue weighted by Crippen LogP contribution is 2.29. The standard InChI is InChI=1S/C10H11N5O2/c11-4-1-5-14(8-2-3-8)10-12-6-9(7-13-10)15(16)17/h6-8H,1-3,5H2. The lowest BCUT2D eigenvalue weighted by molar-refractivity contribution is -0.385. The smallest absolute Gasteiger partial charge is 0.305 e. The van der Waals surface area contributed by atoms with E-state index in [4.69, 9.17) is 5.26 Å². The van der Waals surface area contributed by atoms with Crippen molar-refractivity contribution >= 4 is 11.6 Å². The fourth-order valence-corrected chi connectivity index (χ4v) is 1.56. The van der Waals surface area contributed by atoms with Crippen molar-refractivity contribution in [1.82, 2.24) is 9.97 Å². The minimum atomic E-state index is -0.527. The van der Waals surface area contributed by atoms with Crippen molar-refractivity contribution in [2.24, 2.45) is 0 Å². The molecule has 7 nitrogen and oxygen atoms in total. The third kappa shape index (κ3) is 2.66.